The number of nitrogens with zero attached hydrogens (tertiary/aromatic N) is 4. The third-order valence-electron chi connectivity index (χ3n) is 3.26. The fraction of sp³-hybridized carbons (Fsp3) is 0.133. The van der Waals surface area contributed by atoms with Crippen LogP contribution in [-0.4, -0.2) is 22.0 Å². The zero-order valence-corrected chi connectivity index (χ0v) is 12.5. The lowest BCUT2D eigenvalue weighted by atomic mass is 10.2. The van der Waals surface area contributed by atoms with Crippen molar-refractivity contribution in [3.63, 3.8) is 0 Å². The van der Waals surface area contributed by atoms with Crippen molar-refractivity contribution < 1.29 is 4.39 Å². The van der Waals surface area contributed by atoms with E-state index in [1.54, 1.807) is 18.2 Å². The number of nitrogens with two attached hydrogens (primary N) is 1. The average molecular weight is 318 g/mol. The number of anilines is 2. The molecule has 0 aliphatic rings. The Morgan fingerprint density at radius 1 is 1.23 bits per heavy atom. The summed E-state index contributed by atoms with van der Waals surface area (Å²) < 4.78 is 13.5. The van der Waals surface area contributed by atoms with Gasteiger partial charge in [-0.25, -0.2) is 19.3 Å². The molecule has 0 spiro atoms. The molecule has 0 aliphatic carbocycles. The second-order valence-electron chi connectivity index (χ2n) is 4.91. The topological polar surface area (TPSA) is 67.9 Å². The highest BCUT2D eigenvalue weighted by Gasteiger charge is 2.11. The SMILES string of the molecule is CN(Cc1ccc(Cl)c(F)c1)c1ncnc2nc(N)ccc12. The molecule has 0 saturated heterocycles. The van der Waals surface area contributed by atoms with Crippen molar-refractivity contribution in [3.8, 4) is 0 Å². The predicted molar refractivity (Wildman–Crippen MR) is 85.3 cm³/mol. The number of rotatable bonds is 3. The molecule has 3 rings (SSSR count). The number of nitrogen functional groups attached to an aromatic ring is 1. The summed E-state index contributed by atoms with van der Waals surface area (Å²) in [6.45, 7) is 0.477. The molecule has 1 aromatic carbocycles. The van der Waals surface area contributed by atoms with Crippen molar-refractivity contribution in [1.29, 1.82) is 0 Å². The van der Waals surface area contributed by atoms with Crippen molar-refractivity contribution in [1.82, 2.24) is 15.0 Å². The molecule has 0 atom stereocenters. The van der Waals surface area contributed by atoms with Gasteiger partial charge in [0.25, 0.3) is 0 Å². The van der Waals surface area contributed by atoms with Gasteiger partial charge in [-0.05, 0) is 29.8 Å². The van der Waals surface area contributed by atoms with E-state index in [1.165, 1.54) is 12.4 Å². The quantitative estimate of drug-likeness (QED) is 0.804. The third kappa shape index (κ3) is 2.78. The second kappa shape index (κ2) is 5.73. The Morgan fingerprint density at radius 3 is 2.82 bits per heavy atom. The van der Waals surface area contributed by atoms with Gasteiger partial charge in [-0.15, -0.1) is 0 Å². The van der Waals surface area contributed by atoms with Crippen LogP contribution in [0, 0.1) is 5.82 Å². The maximum absolute atomic E-state index is 13.5. The fourth-order valence-corrected chi connectivity index (χ4v) is 2.35. The Balaban J connectivity index is 1.94. The minimum Gasteiger partial charge on any atom is -0.384 e. The van der Waals surface area contributed by atoms with Crippen LogP contribution in [0.2, 0.25) is 5.02 Å². The molecule has 0 unspecified atom stereocenters. The van der Waals surface area contributed by atoms with Gasteiger partial charge in [0, 0.05) is 13.6 Å². The molecule has 7 heteroatoms. The minimum atomic E-state index is -0.436. The molecule has 0 fully saturated rings. The zero-order chi connectivity index (χ0) is 15.7. The number of hydrogen-bond acceptors (Lipinski definition) is 5. The Morgan fingerprint density at radius 2 is 2.05 bits per heavy atom. The number of fused-ring (bicyclic) bond motifs is 1. The molecule has 2 heterocycles. The lowest BCUT2D eigenvalue weighted by Crippen LogP contribution is -2.18. The molecule has 0 saturated carbocycles. The van der Waals surface area contributed by atoms with Crippen LogP contribution >= 0.6 is 11.6 Å². The van der Waals surface area contributed by atoms with Crippen LogP contribution < -0.4 is 10.6 Å². The van der Waals surface area contributed by atoms with Gasteiger partial charge in [0.15, 0.2) is 5.65 Å². The van der Waals surface area contributed by atoms with Crippen LogP contribution in [0.4, 0.5) is 16.0 Å². The van der Waals surface area contributed by atoms with Gasteiger partial charge in [-0.3, -0.25) is 0 Å². The summed E-state index contributed by atoms with van der Waals surface area (Å²) in [5.74, 6) is 0.669. The monoisotopic (exact) mass is 317 g/mol. The van der Waals surface area contributed by atoms with Crippen molar-refractivity contribution >= 4 is 34.3 Å². The fourth-order valence-electron chi connectivity index (χ4n) is 2.23. The molecule has 3 aromatic rings. The molecule has 0 aliphatic heterocycles. The Bertz CT molecular complexity index is 839. The van der Waals surface area contributed by atoms with E-state index >= 15 is 0 Å². The van der Waals surface area contributed by atoms with Crippen molar-refractivity contribution in [2.24, 2.45) is 0 Å². The van der Waals surface area contributed by atoms with E-state index in [-0.39, 0.29) is 5.02 Å². The molecule has 0 amide bonds. The number of halogens is 2. The van der Waals surface area contributed by atoms with E-state index in [0.717, 1.165) is 10.9 Å². The van der Waals surface area contributed by atoms with Crippen molar-refractivity contribution in [2.75, 3.05) is 17.7 Å². The number of benzene rings is 1. The molecule has 0 radical (unpaired) electrons. The standard InChI is InChI=1S/C15H13ClFN5/c1-22(7-9-2-4-11(16)12(17)6-9)15-10-3-5-13(18)21-14(10)19-8-20-15/h2-6,8H,7H2,1H3,(H2,18,19,20,21). The highest BCUT2D eigenvalue weighted by Crippen LogP contribution is 2.24. The molecule has 2 N–H and O–H groups in total. The molecule has 0 bridgehead atoms. The van der Waals surface area contributed by atoms with Gasteiger partial charge < -0.3 is 10.6 Å². The number of aromatic nitrogens is 3. The normalized spacial score (nSPS) is 10.9. The molecule has 5 nitrogen and oxygen atoms in total. The van der Waals surface area contributed by atoms with E-state index < -0.39 is 5.82 Å². The van der Waals surface area contributed by atoms with E-state index in [2.05, 4.69) is 15.0 Å². The maximum Gasteiger partial charge on any atom is 0.166 e. The molecular formula is C15H13ClFN5. The van der Waals surface area contributed by atoms with Crippen LogP contribution in [0.15, 0.2) is 36.7 Å². The van der Waals surface area contributed by atoms with Gasteiger partial charge in [0.05, 0.1) is 10.4 Å². The van der Waals surface area contributed by atoms with Crippen LogP contribution in [0.1, 0.15) is 5.56 Å². The first-order chi connectivity index (χ1) is 10.5. The first-order valence-corrected chi connectivity index (χ1v) is 6.94. The van der Waals surface area contributed by atoms with Crippen LogP contribution in [0.25, 0.3) is 11.0 Å². The average Bonchev–Trinajstić information content (AvgIpc) is 2.50. The zero-order valence-electron chi connectivity index (χ0n) is 11.8. The number of hydrogen-bond donors (Lipinski definition) is 1. The molecule has 22 heavy (non-hydrogen) atoms. The van der Waals surface area contributed by atoms with E-state index in [9.17, 15) is 4.39 Å². The molecule has 2 aromatic heterocycles. The summed E-state index contributed by atoms with van der Waals surface area (Å²) in [5, 5.41) is 0.896. The largest absolute Gasteiger partial charge is 0.384 e. The lowest BCUT2D eigenvalue weighted by Gasteiger charge is -2.19. The smallest absolute Gasteiger partial charge is 0.166 e. The predicted octanol–water partition coefficient (Wildman–Crippen LogP) is 3.04. The summed E-state index contributed by atoms with van der Waals surface area (Å²) >= 11 is 5.70. The van der Waals surface area contributed by atoms with E-state index in [0.29, 0.717) is 23.8 Å². The minimum absolute atomic E-state index is 0.110. The highest BCUT2D eigenvalue weighted by atomic mass is 35.5. The van der Waals surface area contributed by atoms with Gasteiger partial charge in [0.1, 0.15) is 23.8 Å². The summed E-state index contributed by atoms with van der Waals surface area (Å²) in [7, 11) is 1.87. The van der Waals surface area contributed by atoms with E-state index in [1.807, 2.05) is 18.0 Å². The summed E-state index contributed by atoms with van der Waals surface area (Å²) in [4.78, 5) is 14.5. The lowest BCUT2D eigenvalue weighted by molar-refractivity contribution is 0.625. The van der Waals surface area contributed by atoms with Gasteiger partial charge in [0.2, 0.25) is 0 Å². The molecule has 112 valence electrons. The molecular weight excluding hydrogens is 305 g/mol. The van der Waals surface area contributed by atoms with Crippen LogP contribution in [0.5, 0.6) is 0 Å². The van der Waals surface area contributed by atoms with Crippen LogP contribution in [0.3, 0.4) is 0 Å². The first kappa shape index (κ1) is 14.5. The summed E-state index contributed by atoms with van der Waals surface area (Å²) in [5.41, 5.74) is 6.98. The van der Waals surface area contributed by atoms with Crippen molar-refractivity contribution in [2.45, 2.75) is 6.54 Å². The Hall–Kier alpha value is -2.47. The van der Waals surface area contributed by atoms with Crippen molar-refractivity contribution in [3.05, 3.63) is 53.1 Å². The maximum atomic E-state index is 13.5. The van der Waals surface area contributed by atoms with Crippen LogP contribution in [-0.2, 0) is 6.54 Å². The number of pyridine rings is 1. The van der Waals surface area contributed by atoms with Gasteiger partial charge in [-0.1, -0.05) is 17.7 Å². The van der Waals surface area contributed by atoms with Gasteiger partial charge >= 0.3 is 0 Å². The summed E-state index contributed by atoms with van der Waals surface area (Å²) in [6.07, 6.45) is 1.43. The third-order valence-corrected chi connectivity index (χ3v) is 3.57. The second-order valence-corrected chi connectivity index (χ2v) is 5.32. The first-order valence-electron chi connectivity index (χ1n) is 6.57. The Kier molecular flexibility index (Phi) is 3.77. The van der Waals surface area contributed by atoms with Gasteiger partial charge in [-0.2, -0.15) is 0 Å². The Labute approximate surface area is 131 Å². The van der Waals surface area contributed by atoms with E-state index in [4.69, 9.17) is 17.3 Å². The summed E-state index contributed by atoms with van der Waals surface area (Å²) in [6, 6.07) is 8.26. The highest BCUT2D eigenvalue weighted by molar-refractivity contribution is 6.30.